The number of nitro groups is 1. The first-order valence-corrected chi connectivity index (χ1v) is 6.53. The fraction of sp³-hybridized carbons (Fsp3) is 0.429. The summed E-state index contributed by atoms with van der Waals surface area (Å²) in [6.07, 6.45) is 4.11. The number of nitrogens with zero attached hydrogens (tertiary/aromatic N) is 2. The molecule has 19 heavy (non-hydrogen) atoms. The molecule has 102 valence electrons. The van der Waals surface area contributed by atoms with E-state index in [9.17, 15) is 10.1 Å². The third-order valence-electron chi connectivity index (χ3n) is 3.42. The maximum absolute atomic E-state index is 10.6. The number of hydrogen-bond acceptors (Lipinski definition) is 4. The van der Waals surface area contributed by atoms with Crippen LogP contribution in [0.15, 0.2) is 36.9 Å². The standard InChI is InChI=1S/C14H19N3O2/c1-2-9-16-10-7-13(8-11-16)15-12-3-5-14(6-4-12)17(18)19/h2-6,13,15H,1,7-11H2. The van der Waals surface area contributed by atoms with Crippen molar-refractivity contribution < 1.29 is 4.92 Å². The van der Waals surface area contributed by atoms with Gasteiger partial charge in [-0.25, -0.2) is 0 Å². The molecule has 1 aromatic rings. The first-order chi connectivity index (χ1) is 9.19. The van der Waals surface area contributed by atoms with Crippen LogP contribution in [0.1, 0.15) is 12.8 Å². The number of non-ortho nitro benzene ring substituents is 1. The van der Waals surface area contributed by atoms with Crippen LogP contribution in [0.3, 0.4) is 0 Å². The van der Waals surface area contributed by atoms with Crippen LogP contribution in [-0.2, 0) is 0 Å². The summed E-state index contributed by atoms with van der Waals surface area (Å²) in [5.74, 6) is 0. The topological polar surface area (TPSA) is 58.4 Å². The Morgan fingerprint density at radius 3 is 2.53 bits per heavy atom. The summed E-state index contributed by atoms with van der Waals surface area (Å²) in [4.78, 5) is 12.6. The molecule has 0 aromatic heterocycles. The molecule has 1 aromatic carbocycles. The second-order valence-corrected chi connectivity index (χ2v) is 4.81. The molecule has 1 N–H and O–H groups in total. The SMILES string of the molecule is C=CCN1CCC(Nc2ccc([N+](=O)[O-])cc2)CC1. The number of likely N-dealkylation sites (tertiary alicyclic amines) is 1. The number of hydrogen-bond donors (Lipinski definition) is 1. The molecule has 0 bridgehead atoms. The van der Waals surface area contributed by atoms with Crippen LogP contribution in [0.5, 0.6) is 0 Å². The third-order valence-corrected chi connectivity index (χ3v) is 3.42. The van der Waals surface area contributed by atoms with Crippen LogP contribution in [0.2, 0.25) is 0 Å². The summed E-state index contributed by atoms with van der Waals surface area (Å²) in [7, 11) is 0. The number of anilines is 1. The highest BCUT2D eigenvalue weighted by Crippen LogP contribution is 2.19. The van der Waals surface area contributed by atoms with E-state index in [1.807, 2.05) is 6.08 Å². The molecule has 1 heterocycles. The van der Waals surface area contributed by atoms with Crippen molar-refractivity contribution in [2.75, 3.05) is 25.0 Å². The summed E-state index contributed by atoms with van der Waals surface area (Å²) < 4.78 is 0. The number of rotatable bonds is 5. The highest BCUT2D eigenvalue weighted by Gasteiger charge is 2.18. The zero-order chi connectivity index (χ0) is 13.7. The average molecular weight is 261 g/mol. The molecule has 1 fully saturated rings. The lowest BCUT2D eigenvalue weighted by Gasteiger charge is -2.32. The van der Waals surface area contributed by atoms with Crippen molar-refractivity contribution in [1.82, 2.24) is 4.90 Å². The largest absolute Gasteiger partial charge is 0.382 e. The van der Waals surface area contributed by atoms with Crippen LogP contribution in [0.4, 0.5) is 11.4 Å². The second kappa shape index (κ2) is 6.33. The highest BCUT2D eigenvalue weighted by molar-refractivity contribution is 5.49. The van der Waals surface area contributed by atoms with Crippen LogP contribution in [0, 0.1) is 10.1 Å². The van der Waals surface area contributed by atoms with Crippen molar-refractivity contribution in [3.63, 3.8) is 0 Å². The molecule has 2 rings (SSSR count). The Bertz CT molecular complexity index is 437. The smallest absolute Gasteiger partial charge is 0.269 e. The van der Waals surface area contributed by atoms with Gasteiger partial charge in [0.2, 0.25) is 0 Å². The minimum Gasteiger partial charge on any atom is -0.382 e. The molecule has 0 unspecified atom stereocenters. The zero-order valence-electron chi connectivity index (χ0n) is 10.9. The summed E-state index contributed by atoms with van der Waals surface area (Å²) in [6, 6.07) is 7.06. The minimum atomic E-state index is -0.377. The number of benzene rings is 1. The maximum Gasteiger partial charge on any atom is 0.269 e. The van der Waals surface area contributed by atoms with E-state index in [-0.39, 0.29) is 10.6 Å². The van der Waals surface area contributed by atoms with E-state index in [1.165, 1.54) is 12.1 Å². The lowest BCUT2D eigenvalue weighted by atomic mass is 10.0. The van der Waals surface area contributed by atoms with Gasteiger partial charge in [0.15, 0.2) is 0 Å². The molecule has 5 nitrogen and oxygen atoms in total. The van der Waals surface area contributed by atoms with Crippen LogP contribution in [-0.4, -0.2) is 35.5 Å². The third kappa shape index (κ3) is 3.79. The molecular formula is C14H19N3O2. The van der Waals surface area contributed by atoms with Gasteiger partial charge in [-0.2, -0.15) is 0 Å². The quantitative estimate of drug-likeness (QED) is 0.503. The van der Waals surface area contributed by atoms with Gasteiger partial charge in [0.05, 0.1) is 4.92 Å². The molecule has 0 spiro atoms. The van der Waals surface area contributed by atoms with Crippen molar-refractivity contribution >= 4 is 11.4 Å². The number of nitrogens with one attached hydrogen (secondary N) is 1. The van der Waals surface area contributed by atoms with E-state index < -0.39 is 0 Å². The van der Waals surface area contributed by atoms with Crippen molar-refractivity contribution in [2.45, 2.75) is 18.9 Å². The monoisotopic (exact) mass is 261 g/mol. The number of piperidine rings is 1. The van der Waals surface area contributed by atoms with Crippen LogP contribution in [0.25, 0.3) is 0 Å². The molecule has 1 aliphatic rings. The van der Waals surface area contributed by atoms with E-state index in [0.717, 1.165) is 38.2 Å². The van der Waals surface area contributed by atoms with Gasteiger partial charge < -0.3 is 5.32 Å². The van der Waals surface area contributed by atoms with Gasteiger partial charge in [-0.3, -0.25) is 15.0 Å². The summed E-state index contributed by atoms with van der Waals surface area (Å²) in [6.45, 7) is 6.83. The van der Waals surface area contributed by atoms with E-state index in [0.29, 0.717) is 6.04 Å². The van der Waals surface area contributed by atoms with Crippen molar-refractivity contribution in [3.8, 4) is 0 Å². The molecule has 0 atom stereocenters. The first kappa shape index (κ1) is 13.5. The van der Waals surface area contributed by atoms with Gasteiger partial charge in [0.25, 0.3) is 5.69 Å². The van der Waals surface area contributed by atoms with Gasteiger partial charge in [0, 0.05) is 43.5 Å². The van der Waals surface area contributed by atoms with E-state index >= 15 is 0 Å². The van der Waals surface area contributed by atoms with Crippen molar-refractivity contribution in [3.05, 3.63) is 47.0 Å². The molecule has 0 saturated carbocycles. The van der Waals surface area contributed by atoms with E-state index in [1.54, 1.807) is 12.1 Å². The predicted molar refractivity (Wildman–Crippen MR) is 76.4 cm³/mol. The fourth-order valence-corrected chi connectivity index (χ4v) is 2.36. The molecule has 0 amide bonds. The van der Waals surface area contributed by atoms with E-state index in [4.69, 9.17) is 0 Å². The Kier molecular flexibility index (Phi) is 4.52. The van der Waals surface area contributed by atoms with Gasteiger partial charge in [0.1, 0.15) is 0 Å². The maximum atomic E-state index is 10.6. The summed E-state index contributed by atoms with van der Waals surface area (Å²) >= 11 is 0. The normalized spacial score (nSPS) is 17.1. The van der Waals surface area contributed by atoms with Crippen molar-refractivity contribution in [2.24, 2.45) is 0 Å². The minimum absolute atomic E-state index is 0.131. The average Bonchev–Trinajstić information content (AvgIpc) is 2.42. The first-order valence-electron chi connectivity index (χ1n) is 6.53. The van der Waals surface area contributed by atoms with Crippen LogP contribution >= 0.6 is 0 Å². The highest BCUT2D eigenvalue weighted by atomic mass is 16.6. The molecular weight excluding hydrogens is 242 g/mol. The Hall–Kier alpha value is -1.88. The second-order valence-electron chi connectivity index (χ2n) is 4.81. The number of nitro benzene ring substituents is 1. The molecule has 0 radical (unpaired) electrons. The Balaban J connectivity index is 1.85. The lowest BCUT2D eigenvalue weighted by molar-refractivity contribution is -0.384. The summed E-state index contributed by atoms with van der Waals surface area (Å²) in [5, 5.41) is 14.0. The molecule has 5 heteroatoms. The van der Waals surface area contributed by atoms with Gasteiger partial charge in [-0.15, -0.1) is 6.58 Å². The fourth-order valence-electron chi connectivity index (χ4n) is 2.36. The van der Waals surface area contributed by atoms with E-state index in [2.05, 4.69) is 16.8 Å². The van der Waals surface area contributed by atoms with Gasteiger partial charge in [-0.1, -0.05) is 6.08 Å². The Morgan fingerprint density at radius 1 is 1.37 bits per heavy atom. The van der Waals surface area contributed by atoms with Gasteiger partial charge >= 0.3 is 0 Å². The molecule has 1 saturated heterocycles. The zero-order valence-corrected chi connectivity index (χ0v) is 10.9. The summed E-state index contributed by atoms with van der Waals surface area (Å²) in [5.41, 5.74) is 1.08. The Labute approximate surface area is 113 Å². The molecule has 0 aliphatic carbocycles. The predicted octanol–water partition coefficient (Wildman–Crippen LogP) is 2.66. The Morgan fingerprint density at radius 2 is 2.00 bits per heavy atom. The lowest BCUT2D eigenvalue weighted by Crippen LogP contribution is -2.39. The molecule has 1 aliphatic heterocycles. The van der Waals surface area contributed by atoms with Crippen molar-refractivity contribution in [1.29, 1.82) is 0 Å². The van der Waals surface area contributed by atoms with Gasteiger partial charge in [-0.05, 0) is 25.0 Å². The van der Waals surface area contributed by atoms with Crippen LogP contribution < -0.4 is 5.32 Å².